The van der Waals surface area contributed by atoms with Crippen LogP contribution < -0.4 is 30.3 Å². The van der Waals surface area contributed by atoms with Gasteiger partial charge in [-0.3, -0.25) is 39.0 Å². The van der Waals surface area contributed by atoms with Crippen molar-refractivity contribution in [3.05, 3.63) is 107 Å². The molecule has 3 aromatic heterocycles. The average molecular weight is 1110 g/mol. The Morgan fingerprint density at radius 3 is 2.30 bits per heavy atom. The topological polar surface area (TPSA) is 224 Å². The lowest BCUT2D eigenvalue weighted by molar-refractivity contribution is -0.137. The molecule has 3 fully saturated rings. The predicted molar refractivity (Wildman–Crippen MR) is 297 cm³/mol. The van der Waals surface area contributed by atoms with Crippen LogP contribution in [0.5, 0.6) is 11.5 Å². The van der Waals surface area contributed by atoms with Gasteiger partial charge in [0.1, 0.15) is 41.1 Å². The molecule has 2 aromatic carbocycles. The lowest BCUT2D eigenvalue weighted by Crippen LogP contribution is -2.62. The lowest BCUT2D eigenvalue weighted by Gasteiger charge is -2.46. The van der Waals surface area contributed by atoms with Gasteiger partial charge in [0.05, 0.1) is 47.7 Å². The van der Waals surface area contributed by atoms with E-state index >= 15 is 0 Å². The van der Waals surface area contributed by atoms with Crippen molar-refractivity contribution in [1.29, 1.82) is 5.26 Å². The zero-order chi connectivity index (χ0) is 56.9. The molecule has 1 atom stereocenters. The van der Waals surface area contributed by atoms with Gasteiger partial charge in [0.2, 0.25) is 17.7 Å². The molecule has 9 rings (SSSR count). The van der Waals surface area contributed by atoms with Crippen molar-refractivity contribution in [2.75, 3.05) is 70.5 Å². The van der Waals surface area contributed by atoms with E-state index in [0.29, 0.717) is 112 Å². The van der Waals surface area contributed by atoms with Crippen molar-refractivity contribution in [3.8, 4) is 28.7 Å². The van der Waals surface area contributed by atoms with E-state index in [2.05, 4.69) is 36.9 Å². The largest absolute Gasteiger partial charge is 0.492 e. The molecule has 4 aliphatic heterocycles. The van der Waals surface area contributed by atoms with E-state index < -0.39 is 35.0 Å². The summed E-state index contributed by atoms with van der Waals surface area (Å²) in [7, 11) is 0. The number of hydrogen-bond acceptors (Lipinski definition) is 13. The van der Waals surface area contributed by atoms with Crippen LogP contribution >= 0.6 is 0 Å². The minimum Gasteiger partial charge on any atom is -0.492 e. The Balaban J connectivity index is 0.648. The maximum absolute atomic E-state index is 14.9. The first kappa shape index (κ1) is 57.7. The second kappa shape index (κ2) is 27.0. The summed E-state index contributed by atoms with van der Waals surface area (Å²) in [4.78, 5) is 89.3. The molecule has 4 aliphatic rings. The number of nitrogens with one attached hydrogen (secondary N) is 3. The number of carbonyl (C=O) groups excluding carboxylic acids is 6. The van der Waals surface area contributed by atoms with Crippen LogP contribution in [0, 0.1) is 23.0 Å². The highest BCUT2D eigenvalue weighted by Gasteiger charge is 2.41. The molecule has 3 saturated heterocycles. The molecular formula is C60H71F2N11O8. The van der Waals surface area contributed by atoms with Crippen molar-refractivity contribution in [2.45, 2.75) is 121 Å². The van der Waals surface area contributed by atoms with Gasteiger partial charge in [0.25, 0.3) is 17.7 Å². The van der Waals surface area contributed by atoms with Crippen LogP contribution in [0.3, 0.4) is 0 Å². The van der Waals surface area contributed by atoms with Crippen molar-refractivity contribution >= 4 is 46.8 Å². The van der Waals surface area contributed by atoms with E-state index in [-0.39, 0.29) is 55.2 Å². The molecule has 3 N–H and O–H groups in total. The van der Waals surface area contributed by atoms with E-state index in [0.717, 1.165) is 99.4 Å². The molecule has 0 aliphatic carbocycles. The van der Waals surface area contributed by atoms with E-state index in [1.807, 2.05) is 30.0 Å². The zero-order valence-corrected chi connectivity index (χ0v) is 46.0. The maximum Gasteiger partial charge on any atom is 0.257 e. The quantitative estimate of drug-likeness (QED) is 0.0392. The highest BCUT2D eigenvalue weighted by molar-refractivity contribution is 6.05. The van der Waals surface area contributed by atoms with Crippen LogP contribution in [0.15, 0.2) is 73.2 Å². The number of nitriles is 1. The van der Waals surface area contributed by atoms with Gasteiger partial charge < -0.3 is 34.8 Å². The van der Waals surface area contributed by atoms with Crippen LogP contribution in [0.4, 0.5) is 14.6 Å². The Labute approximate surface area is 470 Å². The fraction of sp³-hybridized carbons (Fsp3) is 0.483. The first-order chi connectivity index (χ1) is 39.3. The SMILES string of the molecule is CCOc1cc(-c2ccc(N3CCC(CN4CCN(C(=O)CCCCCCCCCCCCNC(=O)COc5cccc6c5CN(C5CCC(=O)NC5=O)C6=O)CC4)(NC(=O)c4cc(F)ccc4F)CC3)nc2)c2c(C#N)cnn2c1. The number of pyridine rings is 2. The zero-order valence-electron chi connectivity index (χ0n) is 46.0. The molecule has 0 bridgehead atoms. The van der Waals surface area contributed by atoms with E-state index in [1.54, 1.807) is 35.1 Å². The summed E-state index contributed by atoms with van der Waals surface area (Å²) in [5, 5.41) is 22.5. The summed E-state index contributed by atoms with van der Waals surface area (Å²) >= 11 is 0. The van der Waals surface area contributed by atoms with Crippen molar-refractivity contribution < 1.29 is 47.0 Å². The van der Waals surface area contributed by atoms with Gasteiger partial charge in [-0.05, 0) is 87.6 Å². The van der Waals surface area contributed by atoms with Crippen molar-refractivity contribution in [2.24, 2.45) is 0 Å². The third-order valence-corrected chi connectivity index (χ3v) is 16.0. The van der Waals surface area contributed by atoms with E-state index in [4.69, 9.17) is 14.5 Å². The number of carbonyl (C=O) groups is 6. The highest BCUT2D eigenvalue weighted by atomic mass is 19.1. The number of benzene rings is 2. The number of unbranched alkanes of at least 4 members (excludes halogenated alkanes) is 9. The summed E-state index contributed by atoms with van der Waals surface area (Å²) in [5.41, 5.74) is 2.59. The maximum atomic E-state index is 14.9. The predicted octanol–water partition coefficient (Wildman–Crippen LogP) is 7.11. The second-order valence-electron chi connectivity index (χ2n) is 21.5. The third-order valence-electron chi connectivity index (χ3n) is 16.0. The number of halogens is 2. The monoisotopic (exact) mass is 1110 g/mol. The normalized spacial score (nSPS) is 17.2. The summed E-state index contributed by atoms with van der Waals surface area (Å²) in [5.74, 6) is -1.62. The van der Waals surface area contributed by atoms with Gasteiger partial charge in [-0.15, -0.1) is 0 Å². The van der Waals surface area contributed by atoms with Crippen molar-refractivity contribution in [1.82, 2.24) is 45.2 Å². The molecule has 1 unspecified atom stereocenters. The van der Waals surface area contributed by atoms with Crippen LogP contribution in [-0.2, 0) is 25.7 Å². The number of piperazine rings is 1. The Bertz CT molecular complexity index is 3130. The minimum atomic E-state index is -0.797. The fourth-order valence-corrected chi connectivity index (χ4v) is 11.5. The minimum absolute atomic E-state index is 0.147. The number of piperidine rings is 2. The standard InChI is InChI=1S/C60H71F2N11O8/c1-2-80-44-33-46(56-42(34-63)36-66-73(56)37-44)41-17-21-52(65-35-41)70-26-23-60(24-27-70,68-57(77)47-32-43(61)18-19-49(47)62)40-69-28-30-71(31-29-69)55(76)16-11-9-7-5-3-4-6-8-10-12-25-64-54(75)39-81-51-15-13-14-45-48(51)38-72(59(45)79)50-20-22-53(74)67-58(50)78/h13-15,17-19,21,32-33,35-37,50H,2-12,16,20,22-31,38-40H2,1H3,(H,64,75)(H,68,77)(H,67,74,78). The first-order valence-corrected chi connectivity index (χ1v) is 28.5. The number of fused-ring (bicyclic) bond motifs is 2. The van der Waals surface area contributed by atoms with E-state index in [1.165, 1.54) is 11.1 Å². The molecular weight excluding hydrogens is 1040 g/mol. The van der Waals surface area contributed by atoms with E-state index in [9.17, 15) is 42.8 Å². The van der Waals surface area contributed by atoms with Gasteiger partial charge in [-0.2, -0.15) is 10.4 Å². The summed E-state index contributed by atoms with van der Waals surface area (Å²) in [6, 6.07) is 15.2. The highest BCUT2D eigenvalue weighted by Crippen LogP contribution is 2.35. The average Bonchev–Trinajstić information content (AvgIpc) is 4.25. The fourth-order valence-electron chi connectivity index (χ4n) is 11.5. The summed E-state index contributed by atoms with van der Waals surface area (Å²) in [6.07, 6.45) is 17.4. The molecule has 6 amide bonds. The molecule has 0 radical (unpaired) electrons. The van der Waals surface area contributed by atoms with Gasteiger partial charge in [-0.1, -0.05) is 57.4 Å². The van der Waals surface area contributed by atoms with Crippen LogP contribution in [0.2, 0.25) is 0 Å². The Hall–Kier alpha value is -7.99. The summed E-state index contributed by atoms with van der Waals surface area (Å²) < 4.78 is 42.4. The van der Waals surface area contributed by atoms with Crippen LogP contribution in [0.25, 0.3) is 16.6 Å². The van der Waals surface area contributed by atoms with Crippen LogP contribution in [-0.4, -0.2) is 142 Å². The number of anilines is 1. The van der Waals surface area contributed by atoms with Gasteiger partial charge in [0.15, 0.2) is 6.61 Å². The number of hydrogen-bond donors (Lipinski definition) is 3. The first-order valence-electron chi connectivity index (χ1n) is 28.5. The number of aromatic nitrogens is 3. The second-order valence-corrected chi connectivity index (χ2v) is 21.5. The third kappa shape index (κ3) is 14.3. The van der Waals surface area contributed by atoms with Gasteiger partial charge in [0, 0.05) is 93.7 Å². The number of amides is 6. The number of imide groups is 1. The lowest BCUT2D eigenvalue weighted by atomic mass is 9.86. The van der Waals surface area contributed by atoms with Crippen molar-refractivity contribution in [3.63, 3.8) is 0 Å². The Morgan fingerprint density at radius 2 is 1.59 bits per heavy atom. The number of rotatable bonds is 25. The number of nitrogens with zero attached hydrogens (tertiary/aromatic N) is 8. The summed E-state index contributed by atoms with van der Waals surface area (Å²) in [6.45, 7) is 6.80. The molecule has 21 heteroatoms. The Morgan fingerprint density at radius 1 is 0.852 bits per heavy atom. The molecule has 81 heavy (non-hydrogen) atoms. The molecule has 19 nitrogen and oxygen atoms in total. The molecule has 5 aromatic rings. The number of ether oxygens (including phenoxy) is 2. The molecule has 0 saturated carbocycles. The molecule has 7 heterocycles. The van der Waals surface area contributed by atoms with Crippen LogP contribution in [0.1, 0.15) is 135 Å². The van der Waals surface area contributed by atoms with Gasteiger partial charge >= 0.3 is 0 Å². The molecule has 428 valence electrons. The molecule has 0 spiro atoms. The Kier molecular flexibility index (Phi) is 19.2. The van der Waals surface area contributed by atoms with Gasteiger partial charge in [-0.25, -0.2) is 18.3 Å². The smallest absolute Gasteiger partial charge is 0.257 e.